The Hall–Kier alpha value is -3.26. The summed E-state index contributed by atoms with van der Waals surface area (Å²) >= 11 is 0. The Morgan fingerprint density at radius 3 is 2.41 bits per heavy atom. The van der Waals surface area contributed by atoms with Crippen LogP contribution in [0.4, 0.5) is 0 Å². The first-order chi connectivity index (χ1) is 17.9. The van der Waals surface area contributed by atoms with Crippen LogP contribution in [0.1, 0.15) is 62.0 Å². The first kappa shape index (κ1) is 28.3. The van der Waals surface area contributed by atoms with E-state index in [1.807, 2.05) is 31.2 Å². The fourth-order valence-corrected chi connectivity index (χ4v) is 4.41. The maximum absolute atomic E-state index is 14.0. The summed E-state index contributed by atoms with van der Waals surface area (Å²) in [5.41, 5.74) is 1.11. The highest BCUT2D eigenvalue weighted by Crippen LogP contribution is 2.31. The fraction of sp³-hybridized carbons (Fsp3) is 0.517. The molecule has 1 aliphatic rings. The van der Waals surface area contributed by atoms with Gasteiger partial charge in [-0.2, -0.15) is 0 Å². The van der Waals surface area contributed by atoms with Crippen molar-refractivity contribution in [2.75, 3.05) is 40.5 Å². The zero-order valence-corrected chi connectivity index (χ0v) is 22.6. The van der Waals surface area contributed by atoms with Gasteiger partial charge in [0.2, 0.25) is 5.91 Å². The molecule has 1 N–H and O–H groups in total. The maximum Gasteiger partial charge on any atom is 0.255 e. The second-order valence-electron chi connectivity index (χ2n) is 9.54. The molecule has 0 saturated carbocycles. The largest absolute Gasteiger partial charge is 0.494 e. The molecule has 0 aliphatic carbocycles. The number of nitrogens with zero attached hydrogens (tertiary/aromatic N) is 1. The molecule has 8 heteroatoms. The highest BCUT2D eigenvalue weighted by atomic mass is 16.5. The number of carbonyl (C=O) groups excluding carboxylic acids is 2. The van der Waals surface area contributed by atoms with Crippen molar-refractivity contribution in [3.05, 3.63) is 53.6 Å². The van der Waals surface area contributed by atoms with E-state index in [1.54, 1.807) is 30.2 Å². The van der Waals surface area contributed by atoms with Crippen LogP contribution in [-0.2, 0) is 9.53 Å². The van der Waals surface area contributed by atoms with Crippen LogP contribution in [0.25, 0.3) is 0 Å². The van der Waals surface area contributed by atoms with Crippen LogP contribution in [0.3, 0.4) is 0 Å². The van der Waals surface area contributed by atoms with E-state index in [0.717, 1.165) is 19.3 Å². The van der Waals surface area contributed by atoms with E-state index in [4.69, 9.17) is 18.9 Å². The molecular formula is C29H40N2O6. The molecule has 2 amide bonds. The summed E-state index contributed by atoms with van der Waals surface area (Å²) in [6.07, 6.45) is 2.47. The summed E-state index contributed by atoms with van der Waals surface area (Å²) < 4.78 is 22.3. The molecule has 8 nitrogen and oxygen atoms in total. The van der Waals surface area contributed by atoms with Crippen LogP contribution < -0.4 is 19.5 Å². The highest BCUT2D eigenvalue weighted by Gasteiger charge is 2.35. The number of methoxy groups -OCH3 is 2. The zero-order chi connectivity index (χ0) is 26.8. The van der Waals surface area contributed by atoms with Crippen LogP contribution in [0.15, 0.2) is 42.5 Å². The predicted molar refractivity (Wildman–Crippen MR) is 142 cm³/mol. The number of benzene rings is 2. The Morgan fingerprint density at radius 2 is 1.81 bits per heavy atom. The van der Waals surface area contributed by atoms with E-state index in [0.29, 0.717) is 60.6 Å². The maximum atomic E-state index is 14.0. The van der Waals surface area contributed by atoms with Crippen molar-refractivity contribution < 1.29 is 28.5 Å². The lowest BCUT2D eigenvalue weighted by Gasteiger charge is -2.33. The highest BCUT2D eigenvalue weighted by molar-refractivity contribution is 5.98. The smallest absolute Gasteiger partial charge is 0.255 e. The van der Waals surface area contributed by atoms with E-state index < -0.39 is 6.04 Å². The van der Waals surface area contributed by atoms with Gasteiger partial charge in [0.25, 0.3) is 5.91 Å². The van der Waals surface area contributed by atoms with Gasteiger partial charge in [0.15, 0.2) is 11.5 Å². The number of ether oxygens (including phenoxy) is 4. The van der Waals surface area contributed by atoms with Crippen molar-refractivity contribution in [1.82, 2.24) is 10.2 Å². The summed E-state index contributed by atoms with van der Waals surface area (Å²) in [6, 6.07) is 11.6. The van der Waals surface area contributed by atoms with Gasteiger partial charge in [0.05, 0.1) is 26.9 Å². The number of rotatable bonds is 13. The van der Waals surface area contributed by atoms with Gasteiger partial charge in [-0.15, -0.1) is 0 Å². The monoisotopic (exact) mass is 512 g/mol. The number of hydrogen-bond acceptors (Lipinski definition) is 6. The third kappa shape index (κ3) is 7.61. The number of carbonyl (C=O) groups is 2. The number of amides is 2. The summed E-state index contributed by atoms with van der Waals surface area (Å²) in [5, 5.41) is 3.06. The van der Waals surface area contributed by atoms with E-state index in [-0.39, 0.29) is 17.9 Å². The lowest BCUT2D eigenvalue weighted by molar-refractivity contribution is -0.126. The Bertz CT molecular complexity index is 1020. The average molecular weight is 513 g/mol. The summed E-state index contributed by atoms with van der Waals surface area (Å²) in [6.45, 7) is 8.16. The van der Waals surface area contributed by atoms with Crippen molar-refractivity contribution in [2.24, 2.45) is 5.92 Å². The molecule has 37 heavy (non-hydrogen) atoms. The molecule has 2 aromatic rings. The summed E-state index contributed by atoms with van der Waals surface area (Å²) in [5.74, 6) is 1.62. The number of hydrogen-bond donors (Lipinski definition) is 1. The van der Waals surface area contributed by atoms with Crippen LogP contribution in [0, 0.1) is 5.92 Å². The second kappa shape index (κ2) is 13.9. The van der Waals surface area contributed by atoms with Crippen molar-refractivity contribution in [1.29, 1.82) is 0 Å². The molecule has 1 aliphatic heterocycles. The molecule has 0 aromatic heterocycles. The Morgan fingerprint density at radius 1 is 1.08 bits per heavy atom. The minimum Gasteiger partial charge on any atom is -0.494 e. The molecular weight excluding hydrogens is 472 g/mol. The lowest BCUT2D eigenvalue weighted by Crippen LogP contribution is -2.47. The Balaban J connectivity index is 2.01. The predicted octanol–water partition coefficient (Wildman–Crippen LogP) is 4.63. The molecule has 2 aromatic carbocycles. The molecule has 1 saturated heterocycles. The van der Waals surface area contributed by atoms with Crippen molar-refractivity contribution in [3.63, 3.8) is 0 Å². The molecule has 1 fully saturated rings. The molecule has 0 bridgehead atoms. The van der Waals surface area contributed by atoms with Gasteiger partial charge in [-0.3, -0.25) is 9.59 Å². The van der Waals surface area contributed by atoms with E-state index >= 15 is 0 Å². The van der Waals surface area contributed by atoms with Gasteiger partial charge in [0.1, 0.15) is 11.8 Å². The average Bonchev–Trinajstić information content (AvgIpc) is 3.41. The normalized spacial score (nSPS) is 15.8. The van der Waals surface area contributed by atoms with Crippen LogP contribution in [0.5, 0.6) is 17.2 Å². The van der Waals surface area contributed by atoms with Crippen molar-refractivity contribution in [3.8, 4) is 17.2 Å². The second-order valence-corrected chi connectivity index (χ2v) is 9.54. The minimum absolute atomic E-state index is 0.141. The van der Waals surface area contributed by atoms with E-state index in [1.165, 1.54) is 7.11 Å². The fourth-order valence-electron chi connectivity index (χ4n) is 4.41. The molecule has 2 atom stereocenters. The van der Waals surface area contributed by atoms with E-state index in [2.05, 4.69) is 19.2 Å². The minimum atomic E-state index is -0.840. The SMILES string of the molecule is CCOc1ccc(C(C(=O)NCCC(C)C)N(CC2CCCO2)C(=O)c2ccc(OC)c(OC)c2)cc1. The van der Waals surface area contributed by atoms with Gasteiger partial charge in [-0.25, -0.2) is 0 Å². The van der Waals surface area contributed by atoms with Crippen molar-refractivity contribution >= 4 is 11.8 Å². The van der Waals surface area contributed by atoms with E-state index in [9.17, 15) is 9.59 Å². The van der Waals surface area contributed by atoms with Crippen LogP contribution in [0.2, 0.25) is 0 Å². The van der Waals surface area contributed by atoms with Crippen LogP contribution in [-0.4, -0.2) is 63.3 Å². The molecule has 0 radical (unpaired) electrons. The molecule has 0 spiro atoms. The summed E-state index contributed by atoms with van der Waals surface area (Å²) in [4.78, 5) is 29.4. The topological polar surface area (TPSA) is 86.3 Å². The van der Waals surface area contributed by atoms with Gasteiger partial charge < -0.3 is 29.2 Å². The number of nitrogens with one attached hydrogen (secondary N) is 1. The molecule has 202 valence electrons. The third-order valence-corrected chi connectivity index (χ3v) is 6.40. The van der Waals surface area contributed by atoms with Gasteiger partial charge in [-0.05, 0) is 68.0 Å². The molecule has 2 unspecified atom stereocenters. The third-order valence-electron chi connectivity index (χ3n) is 6.40. The summed E-state index contributed by atoms with van der Waals surface area (Å²) in [7, 11) is 3.08. The van der Waals surface area contributed by atoms with Gasteiger partial charge in [-0.1, -0.05) is 26.0 Å². The quantitative estimate of drug-likeness (QED) is 0.421. The van der Waals surface area contributed by atoms with Crippen molar-refractivity contribution in [2.45, 2.75) is 52.2 Å². The Labute approximate surface area is 220 Å². The van der Waals surface area contributed by atoms with Crippen LogP contribution >= 0.6 is 0 Å². The van der Waals surface area contributed by atoms with Gasteiger partial charge in [0, 0.05) is 25.3 Å². The van der Waals surface area contributed by atoms with Gasteiger partial charge >= 0.3 is 0 Å². The Kier molecular flexibility index (Phi) is 10.6. The molecule has 3 rings (SSSR count). The molecule has 1 heterocycles. The first-order valence-electron chi connectivity index (χ1n) is 13.0. The zero-order valence-electron chi connectivity index (χ0n) is 22.6. The first-order valence-corrected chi connectivity index (χ1v) is 13.0. The standard InChI is InChI=1S/C29H40N2O6/c1-6-36-23-12-9-21(10-13-23)27(28(32)30-16-15-20(2)3)31(19-24-8-7-17-37-24)29(33)22-11-14-25(34-4)26(18-22)35-5/h9-14,18,20,24,27H,6-8,15-17,19H2,1-5H3,(H,30,32). The lowest BCUT2D eigenvalue weighted by atomic mass is 10.0.